The monoisotopic (exact) mass is 266 g/mol. The number of aliphatic hydroxyl groups excluding tert-OH is 1. The first-order valence-electron chi connectivity index (χ1n) is 6.52. The van der Waals surface area contributed by atoms with Gasteiger partial charge in [0.1, 0.15) is 0 Å². The Labute approximate surface area is 114 Å². The predicted molar refractivity (Wildman–Crippen MR) is 75.2 cm³/mol. The molecule has 2 unspecified atom stereocenters. The van der Waals surface area contributed by atoms with Gasteiger partial charge in [0.15, 0.2) is 11.5 Å². The summed E-state index contributed by atoms with van der Waals surface area (Å²) in [5.41, 5.74) is 1.05. The summed E-state index contributed by atoms with van der Waals surface area (Å²) in [5, 5.41) is 12.9. The number of ether oxygens (including phenoxy) is 2. The Morgan fingerprint density at radius 1 is 1.32 bits per heavy atom. The van der Waals surface area contributed by atoms with Gasteiger partial charge in [-0.2, -0.15) is 0 Å². The molecule has 5 nitrogen and oxygen atoms in total. The van der Waals surface area contributed by atoms with Crippen LogP contribution in [-0.4, -0.2) is 51.1 Å². The molecule has 0 aromatic heterocycles. The van der Waals surface area contributed by atoms with Crippen molar-refractivity contribution >= 4 is 5.69 Å². The fourth-order valence-electron chi connectivity index (χ4n) is 2.44. The van der Waals surface area contributed by atoms with E-state index in [1.165, 1.54) is 0 Å². The Balaban J connectivity index is 2.28. The number of piperazine rings is 1. The Morgan fingerprint density at radius 2 is 2.05 bits per heavy atom. The van der Waals surface area contributed by atoms with E-state index in [1.54, 1.807) is 14.2 Å². The highest BCUT2D eigenvalue weighted by molar-refractivity contribution is 5.57. The van der Waals surface area contributed by atoms with E-state index in [0.717, 1.165) is 24.5 Å². The third-order valence-corrected chi connectivity index (χ3v) is 3.52. The highest BCUT2D eigenvalue weighted by Gasteiger charge is 2.26. The number of nitrogens with one attached hydrogen (secondary N) is 1. The molecule has 0 saturated carbocycles. The van der Waals surface area contributed by atoms with Gasteiger partial charge in [-0.25, -0.2) is 0 Å². The summed E-state index contributed by atoms with van der Waals surface area (Å²) in [6.07, 6.45) is 0. The normalized spacial score (nSPS) is 23.3. The number of rotatable bonds is 4. The van der Waals surface area contributed by atoms with Gasteiger partial charge in [-0.1, -0.05) is 0 Å². The van der Waals surface area contributed by atoms with Crippen molar-refractivity contribution in [3.8, 4) is 11.5 Å². The molecule has 2 rings (SSSR count). The van der Waals surface area contributed by atoms with Crippen LogP contribution in [-0.2, 0) is 0 Å². The molecule has 2 atom stereocenters. The lowest BCUT2D eigenvalue weighted by atomic mass is 10.1. The predicted octanol–water partition coefficient (Wildman–Crippen LogP) is 0.863. The number of methoxy groups -OCH3 is 2. The summed E-state index contributed by atoms with van der Waals surface area (Å²) in [4.78, 5) is 2.21. The highest BCUT2D eigenvalue weighted by Crippen LogP contribution is 2.32. The molecule has 1 aliphatic rings. The van der Waals surface area contributed by atoms with Crippen LogP contribution in [0, 0.1) is 0 Å². The lowest BCUT2D eigenvalue weighted by Gasteiger charge is -2.40. The maximum absolute atomic E-state index is 9.50. The van der Waals surface area contributed by atoms with Crippen molar-refractivity contribution < 1.29 is 14.6 Å². The van der Waals surface area contributed by atoms with Crippen LogP contribution >= 0.6 is 0 Å². The van der Waals surface area contributed by atoms with Crippen LogP contribution in [0.25, 0.3) is 0 Å². The first-order chi connectivity index (χ1) is 9.19. The summed E-state index contributed by atoms with van der Waals surface area (Å²) < 4.78 is 10.6. The third kappa shape index (κ3) is 2.93. The molecule has 0 aliphatic carbocycles. The Kier molecular flexibility index (Phi) is 4.50. The maximum atomic E-state index is 9.50. The summed E-state index contributed by atoms with van der Waals surface area (Å²) in [5.74, 6) is 1.43. The van der Waals surface area contributed by atoms with E-state index in [0.29, 0.717) is 11.8 Å². The lowest BCUT2D eigenvalue weighted by molar-refractivity contribution is 0.237. The summed E-state index contributed by atoms with van der Waals surface area (Å²) in [6, 6.07) is 6.35. The summed E-state index contributed by atoms with van der Waals surface area (Å²) in [6.45, 7) is 3.92. The summed E-state index contributed by atoms with van der Waals surface area (Å²) in [7, 11) is 3.26. The van der Waals surface area contributed by atoms with E-state index in [4.69, 9.17) is 9.47 Å². The number of anilines is 1. The van der Waals surface area contributed by atoms with Crippen molar-refractivity contribution in [2.24, 2.45) is 0 Å². The average molecular weight is 266 g/mol. The topological polar surface area (TPSA) is 54.0 Å². The van der Waals surface area contributed by atoms with Crippen molar-refractivity contribution in [3.05, 3.63) is 18.2 Å². The zero-order chi connectivity index (χ0) is 13.8. The Bertz CT molecular complexity index is 425. The zero-order valence-corrected chi connectivity index (χ0v) is 11.7. The molecule has 1 aromatic carbocycles. The van der Waals surface area contributed by atoms with Crippen LogP contribution in [0.5, 0.6) is 11.5 Å². The van der Waals surface area contributed by atoms with Crippen LogP contribution < -0.4 is 19.7 Å². The van der Waals surface area contributed by atoms with Gasteiger partial charge in [0, 0.05) is 30.9 Å². The number of benzene rings is 1. The van der Waals surface area contributed by atoms with Gasteiger partial charge in [0.05, 0.1) is 26.9 Å². The molecule has 0 amide bonds. The second kappa shape index (κ2) is 6.12. The van der Waals surface area contributed by atoms with Gasteiger partial charge in [-0.15, -0.1) is 0 Å². The number of hydrogen-bond acceptors (Lipinski definition) is 5. The van der Waals surface area contributed by atoms with Crippen LogP contribution in [0.1, 0.15) is 6.92 Å². The van der Waals surface area contributed by atoms with Crippen molar-refractivity contribution in [2.75, 3.05) is 38.8 Å². The van der Waals surface area contributed by atoms with E-state index < -0.39 is 0 Å². The quantitative estimate of drug-likeness (QED) is 0.846. The second-order valence-electron chi connectivity index (χ2n) is 4.84. The average Bonchev–Trinajstić information content (AvgIpc) is 2.46. The molecule has 1 aliphatic heterocycles. The van der Waals surface area contributed by atoms with Gasteiger partial charge in [-0.05, 0) is 19.1 Å². The minimum absolute atomic E-state index is 0.0919. The van der Waals surface area contributed by atoms with Gasteiger partial charge in [0.2, 0.25) is 0 Å². The Hall–Kier alpha value is -1.46. The zero-order valence-electron chi connectivity index (χ0n) is 11.7. The molecular formula is C14H22N2O3. The van der Waals surface area contributed by atoms with Gasteiger partial charge in [0.25, 0.3) is 0 Å². The van der Waals surface area contributed by atoms with Crippen LogP contribution in [0.2, 0.25) is 0 Å². The van der Waals surface area contributed by atoms with Crippen molar-refractivity contribution in [1.29, 1.82) is 0 Å². The molecule has 19 heavy (non-hydrogen) atoms. The summed E-state index contributed by atoms with van der Waals surface area (Å²) >= 11 is 0. The lowest BCUT2D eigenvalue weighted by Crippen LogP contribution is -2.57. The SMILES string of the molecule is COc1ccc(N2CC(C)NCC2CO)cc1OC. The number of nitrogens with zero attached hydrogens (tertiary/aromatic N) is 1. The smallest absolute Gasteiger partial charge is 0.162 e. The fraction of sp³-hybridized carbons (Fsp3) is 0.571. The maximum Gasteiger partial charge on any atom is 0.162 e. The van der Waals surface area contributed by atoms with Crippen LogP contribution in [0.15, 0.2) is 18.2 Å². The van der Waals surface area contributed by atoms with Crippen LogP contribution in [0.3, 0.4) is 0 Å². The molecule has 1 saturated heterocycles. The van der Waals surface area contributed by atoms with E-state index in [1.807, 2.05) is 18.2 Å². The molecule has 0 bridgehead atoms. The standard InChI is InChI=1S/C14H22N2O3/c1-10-8-16(12(9-17)7-15-10)11-4-5-13(18-2)14(6-11)19-3/h4-6,10,12,15,17H,7-9H2,1-3H3. The minimum Gasteiger partial charge on any atom is -0.493 e. The minimum atomic E-state index is 0.0919. The first-order valence-corrected chi connectivity index (χ1v) is 6.52. The third-order valence-electron chi connectivity index (χ3n) is 3.52. The van der Waals surface area contributed by atoms with Gasteiger partial charge < -0.3 is 24.8 Å². The van der Waals surface area contributed by atoms with E-state index in [2.05, 4.69) is 17.1 Å². The van der Waals surface area contributed by atoms with Gasteiger partial charge in [-0.3, -0.25) is 0 Å². The Morgan fingerprint density at radius 3 is 2.68 bits per heavy atom. The fourth-order valence-corrected chi connectivity index (χ4v) is 2.44. The van der Waals surface area contributed by atoms with Crippen molar-refractivity contribution in [2.45, 2.75) is 19.0 Å². The molecule has 1 heterocycles. The molecule has 5 heteroatoms. The van der Waals surface area contributed by atoms with E-state index in [9.17, 15) is 5.11 Å². The molecule has 106 valence electrons. The first kappa shape index (κ1) is 14.0. The molecule has 1 aromatic rings. The number of hydrogen-bond donors (Lipinski definition) is 2. The van der Waals surface area contributed by atoms with E-state index in [-0.39, 0.29) is 12.6 Å². The second-order valence-corrected chi connectivity index (χ2v) is 4.84. The number of aliphatic hydroxyl groups is 1. The highest BCUT2D eigenvalue weighted by atomic mass is 16.5. The molecule has 2 N–H and O–H groups in total. The molecule has 1 fully saturated rings. The molecule has 0 spiro atoms. The van der Waals surface area contributed by atoms with Crippen molar-refractivity contribution in [1.82, 2.24) is 5.32 Å². The largest absolute Gasteiger partial charge is 0.493 e. The van der Waals surface area contributed by atoms with Gasteiger partial charge >= 0.3 is 0 Å². The molecule has 0 radical (unpaired) electrons. The van der Waals surface area contributed by atoms with Crippen LogP contribution in [0.4, 0.5) is 5.69 Å². The van der Waals surface area contributed by atoms with E-state index >= 15 is 0 Å². The van der Waals surface area contributed by atoms with Crippen molar-refractivity contribution in [3.63, 3.8) is 0 Å². The molecular weight excluding hydrogens is 244 g/mol.